The summed E-state index contributed by atoms with van der Waals surface area (Å²) in [5.74, 6) is 0.779. The maximum Gasteiger partial charge on any atom is 0.221 e. The van der Waals surface area contributed by atoms with Crippen molar-refractivity contribution in [2.24, 2.45) is 0 Å². The molecule has 0 saturated carbocycles. The molecule has 120 valence electrons. The lowest BCUT2D eigenvalue weighted by Crippen LogP contribution is -2.32. The molecule has 1 saturated heterocycles. The topological polar surface area (TPSA) is 50.3 Å². The highest BCUT2D eigenvalue weighted by atomic mass is 16.5. The molecule has 0 bridgehead atoms. The molecule has 4 rings (SSSR count). The molecule has 1 N–H and O–H groups in total. The van der Waals surface area contributed by atoms with Gasteiger partial charge in [-0.1, -0.05) is 30.3 Å². The number of aromatic nitrogens is 2. The van der Waals surface area contributed by atoms with Crippen LogP contribution < -0.4 is 10.1 Å². The number of benzene rings is 1. The Morgan fingerprint density at radius 2 is 2.13 bits per heavy atom. The third-order valence-electron chi connectivity index (χ3n) is 4.58. The minimum atomic E-state index is 0.235. The number of nitrogens with one attached hydrogen (secondary N) is 1. The van der Waals surface area contributed by atoms with Gasteiger partial charge < -0.3 is 10.1 Å². The molecular formula is C18H22N4O. The molecule has 0 spiro atoms. The van der Waals surface area contributed by atoms with Crippen LogP contribution in [0.15, 0.2) is 36.7 Å². The summed E-state index contributed by atoms with van der Waals surface area (Å²) in [6.45, 7) is 4.79. The highest BCUT2D eigenvalue weighted by Crippen LogP contribution is 2.26. The molecule has 23 heavy (non-hydrogen) atoms. The quantitative estimate of drug-likeness (QED) is 0.933. The van der Waals surface area contributed by atoms with Crippen LogP contribution in [0.1, 0.15) is 23.2 Å². The van der Waals surface area contributed by atoms with Crippen molar-refractivity contribution < 1.29 is 4.74 Å². The smallest absolute Gasteiger partial charge is 0.221 e. The Hall–Kier alpha value is -1.98. The number of hydrogen-bond acceptors (Lipinski definition) is 5. The van der Waals surface area contributed by atoms with E-state index in [1.54, 1.807) is 6.33 Å². The maximum atomic E-state index is 6.13. The first-order valence-electron chi connectivity index (χ1n) is 8.35. The van der Waals surface area contributed by atoms with Crippen LogP contribution in [-0.2, 0) is 19.5 Å². The summed E-state index contributed by atoms with van der Waals surface area (Å²) >= 11 is 0. The summed E-state index contributed by atoms with van der Waals surface area (Å²) in [5, 5.41) is 3.34. The van der Waals surface area contributed by atoms with Crippen LogP contribution in [0.4, 0.5) is 0 Å². The van der Waals surface area contributed by atoms with Gasteiger partial charge in [0.15, 0.2) is 0 Å². The van der Waals surface area contributed by atoms with E-state index in [4.69, 9.17) is 4.74 Å². The van der Waals surface area contributed by atoms with Gasteiger partial charge in [0.25, 0.3) is 0 Å². The standard InChI is InChI=1S/C18H22N4O/c1-2-4-14(5-3-1)11-22-9-7-17-16(12-22)18(21-13-20-17)23-15-6-8-19-10-15/h1-5,13,15,19H,6-12H2. The van der Waals surface area contributed by atoms with Crippen LogP contribution in [0.5, 0.6) is 5.88 Å². The van der Waals surface area contributed by atoms with Crippen molar-refractivity contribution in [3.05, 3.63) is 53.5 Å². The van der Waals surface area contributed by atoms with Crippen molar-refractivity contribution in [1.29, 1.82) is 0 Å². The van der Waals surface area contributed by atoms with E-state index >= 15 is 0 Å². The molecule has 0 aliphatic carbocycles. The van der Waals surface area contributed by atoms with Crippen molar-refractivity contribution in [2.45, 2.75) is 32.0 Å². The zero-order valence-electron chi connectivity index (χ0n) is 13.2. The zero-order valence-corrected chi connectivity index (χ0v) is 13.2. The van der Waals surface area contributed by atoms with Crippen molar-refractivity contribution >= 4 is 0 Å². The minimum absolute atomic E-state index is 0.235. The zero-order chi connectivity index (χ0) is 15.5. The van der Waals surface area contributed by atoms with E-state index in [2.05, 4.69) is 50.5 Å². The van der Waals surface area contributed by atoms with Gasteiger partial charge in [-0.05, 0) is 18.5 Å². The van der Waals surface area contributed by atoms with Crippen molar-refractivity contribution in [1.82, 2.24) is 20.2 Å². The molecule has 1 fully saturated rings. The second-order valence-corrected chi connectivity index (χ2v) is 6.28. The van der Waals surface area contributed by atoms with E-state index in [9.17, 15) is 0 Å². The molecule has 1 aromatic heterocycles. The third-order valence-corrected chi connectivity index (χ3v) is 4.58. The Kier molecular flexibility index (Phi) is 4.22. The summed E-state index contributed by atoms with van der Waals surface area (Å²) in [6, 6.07) is 10.6. The highest BCUT2D eigenvalue weighted by Gasteiger charge is 2.24. The molecule has 5 nitrogen and oxygen atoms in total. The summed E-state index contributed by atoms with van der Waals surface area (Å²) < 4.78 is 6.13. The fourth-order valence-electron chi connectivity index (χ4n) is 3.34. The van der Waals surface area contributed by atoms with Gasteiger partial charge in [-0.2, -0.15) is 0 Å². The van der Waals surface area contributed by atoms with E-state index in [0.29, 0.717) is 0 Å². The highest BCUT2D eigenvalue weighted by molar-refractivity contribution is 5.32. The molecule has 1 aromatic carbocycles. The molecule has 2 aliphatic rings. The molecule has 3 heterocycles. The van der Waals surface area contributed by atoms with Gasteiger partial charge in [-0.3, -0.25) is 4.90 Å². The van der Waals surface area contributed by atoms with Crippen molar-refractivity contribution in [3.8, 4) is 5.88 Å². The first-order valence-corrected chi connectivity index (χ1v) is 8.35. The van der Waals surface area contributed by atoms with Gasteiger partial charge in [0.1, 0.15) is 12.4 Å². The molecule has 2 aliphatic heterocycles. The lowest BCUT2D eigenvalue weighted by Gasteiger charge is -2.29. The van der Waals surface area contributed by atoms with E-state index < -0.39 is 0 Å². The second-order valence-electron chi connectivity index (χ2n) is 6.28. The number of fused-ring (bicyclic) bond motifs is 1. The van der Waals surface area contributed by atoms with Crippen molar-refractivity contribution in [2.75, 3.05) is 19.6 Å². The van der Waals surface area contributed by atoms with E-state index in [0.717, 1.165) is 57.1 Å². The van der Waals surface area contributed by atoms with Crippen LogP contribution in [0.25, 0.3) is 0 Å². The second kappa shape index (κ2) is 6.64. The third kappa shape index (κ3) is 3.35. The number of ether oxygens (including phenoxy) is 1. The van der Waals surface area contributed by atoms with Crippen LogP contribution >= 0.6 is 0 Å². The number of hydrogen-bond donors (Lipinski definition) is 1. The molecule has 0 amide bonds. The maximum absolute atomic E-state index is 6.13. The Labute approximate surface area is 136 Å². The van der Waals surface area contributed by atoms with Gasteiger partial charge >= 0.3 is 0 Å². The average molecular weight is 310 g/mol. The molecule has 1 atom stereocenters. The Morgan fingerprint density at radius 1 is 1.22 bits per heavy atom. The van der Waals surface area contributed by atoms with E-state index in [-0.39, 0.29) is 6.10 Å². The first-order chi connectivity index (χ1) is 11.4. The predicted molar refractivity (Wildman–Crippen MR) is 88.2 cm³/mol. The summed E-state index contributed by atoms with van der Waals surface area (Å²) in [6.07, 6.45) is 3.89. The fourth-order valence-corrected chi connectivity index (χ4v) is 3.34. The number of nitrogens with zero attached hydrogens (tertiary/aromatic N) is 3. The Bertz CT molecular complexity index is 655. The van der Waals surface area contributed by atoms with Gasteiger partial charge in [0, 0.05) is 38.2 Å². The normalized spacial score (nSPS) is 21.1. The molecule has 5 heteroatoms. The Morgan fingerprint density at radius 3 is 2.96 bits per heavy atom. The van der Waals surface area contributed by atoms with Crippen LogP contribution in [-0.4, -0.2) is 40.6 Å². The first kappa shape index (κ1) is 14.6. The van der Waals surface area contributed by atoms with Gasteiger partial charge in [-0.25, -0.2) is 9.97 Å². The lowest BCUT2D eigenvalue weighted by molar-refractivity contribution is 0.194. The summed E-state index contributed by atoms with van der Waals surface area (Å²) in [4.78, 5) is 11.3. The van der Waals surface area contributed by atoms with Crippen LogP contribution in [0.2, 0.25) is 0 Å². The minimum Gasteiger partial charge on any atom is -0.473 e. The van der Waals surface area contributed by atoms with Gasteiger partial charge in [-0.15, -0.1) is 0 Å². The van der Waals surface area contributed by atoms with E-state index in [1.165, 1.54) is 11.1 Å². The van der Waals surface area contributed by atoms with Crippen LogP contribution in [0, 0.1) is 0 Å². The largest absolute Gasteiger partial charge is 0.473 e. The SMILES string of the molecule is c1ccc(CN2CCc3ncnc(OC4CCNC4)c3C2)cc1. The molecular weight excluding hydrogens is 288 g/mol. The van der Waals surface area contributed by atoms with Gasteiger partial charge in [0.05, 0.1) is 5.69 Å². The molecule has 2 aromatic rings. The average Bonchev–Trinajstić information content (AvgIpc) is 3.09. The Balaban J connectivity index is 1.50. The van der Waals surface area contributed by atoms with Crippen molar-refractivity contribution in [3.63, 3.8) is 0 Å². The van der Waals surface area contributed by atoms with E-state index in [1.807, 2.05) is 0 Å². The summed E-state index contributed by atoms with van der Waals surface area (Å²) in [5.41, 5.74) is 3.65. The number of rotatable bonds is 4. The summed E-state index contributed by atoms with van der Waals surface area (Å²) in [7, 11) is 0. The monoisotopic (exact) mass is 310 g/mol. The van der Waals surface area contributed by atoms with Crippen LogP contribution in [0.3, 0.4) is 0 Å². The molecule has 0 radical (unpaired) electrons. The molecule has 1 unspecified atom stereocenters. The fraction of sp³-hybridized carbons (Fsp3) is 0.444. The lowest BCUT2D eigenvalue weighted by atomic mass is 10.1. The predicted octanol–water partition coefficient (Wildman–Crippen LogP) is 1.78. The van der Waals surface area contributed by atoms with Gasteiger partial charge in [0.2, 0.25) is 5.88 Å².